The Morgan fingerprint density at radius 1 is 0.917 bits per heavy atom. The Bertz CT molecular complexity index is 157. The summed E-state index contributed by atoms with van der Waals surface area (Å²) in [5, 5.41) is 0. The van der Waals surface area contributed by atoms with E-state index in [0.29, 0.717) is 0 Å². The summed E-state index contributed by atoms with van der Waals surface area (Å²) in [6, 6.07) is 0. The second-order valence-corrected chi connectivity index (χ2v) is 4.86. The van der Waals surface area contributed by atoms with E-state index in [1.165, 1.54) is 12.8 Å². The minimum atomic E-state index is -0.171. The van der Waals surface area contributed by atoms with Gasteiger partial charge in [-0.25, -0.2) is 0 Å². The molecule has 0 atom stereocenters. The highest BCUT2D eigenvalue weighted by atomic mass is 16.7. The first-order valence-corrected chi connectivity index (χ1v) is 4.90. The largest absolute Gasteiger partial charge is 0.349 e. The van der Waals surface area contributed by atoms with Crippen molar-refractivity contribution in [3.63, 3.8) is 0 Å². The molecule has 0 aromatic heterocycles. The standard InChI is InChI=1S/C10H18O2/c1-9(2)7-11-10(12-8-9)5-3-4-6-10/h3-8H2,1-2H3. The van der Waals surface area contributed by atoms with E-state index < -0.39 is 0 Å². The molecule has 1 spiro atoms. The van der Waals surface area contributed by atoms with Crippen LogP contribution in [0.4, 0.5) is 0 Å². The molecule has 0 N–H and O–H groups in total. The van der Waals surface area contributed by atoms with Gasteiger partial charge in [0, 0.05) is 18.3 Å². The Hall–Kier alpha value is -0.0800. The highest BCUT2D eigenvalue weighted by Gasteiger charge is 2.42. The lowest BCUT2D eigenvalue weighted by atomic mass is 9.94. The van der Waals surface area contributed by atoms with Gasteiger partial charge in [0.05, 0.1) is 13.2 Å². The Labute approximate surface area is 74.2 Å². The van der Waals surface area contributed by atoms with Crippen molar-refractivity contribution < 1.29 is 9.47 Å². The van der Waals surface area contributed by atoms with Crippen LogP contribution in [0.25, 0.3) is 0 Å². The van der Waals surface area contributed by atoms with Gasteiger partial charge >= 0.3 is 0 Å². The molecule has 2 rings (SSSR count). The first-order valence-electron chi connectivity index (χ1n) is 4.90. The van der Waals surface area contributed by atoms with Crippen LogP contribution in [0, 0.1) is 5.41 Å². The smallest absolute Gasteiger partial charge is 0.168 e. The summed E-state index contributed by atoms with van der Waals surface area (Å²) in [5.41, 5.74) is 0.216. The van der Waals surface area contributed by atoms with Crippen LogP contribution in [0.15, 0.2) is 0 Å². The van der Waals surface area contributed by atoms with E-state index in [1.807, 2.05) is 0 Å². The zero-order chi connectivity index (χ0) is 8.66. The van der Waals surface area contributed by atoms with Crippen LogP contribution in [0.3, 0.4) is 0 Å². The highest BCUT2D eigenvalue weighted by molar-refractivity contribution is 4.83. The van der Waals surface area contributed by atoms with Crippen molar-refractivity contribution in [1.29, 1.82) is 0 Å². The number of hydrogen-bond donors (Lipinski definition) is 0. The van der Waals surface area contributed by atoms with E-state index in [4.69, 9.17) is 9.47 Å². The topological polar surface area (TPSA) is 18.5 Å². The van der Waals surface area contributed by atoms with Gasteiger partial charge in [0.2, 0.25) is 0 Å². The van der Waals surface area contributed by atoms with Crippen LogP contribution in [0.2, 0.25) is 0 Å². The molecular weight excluding hydrogens is 152 g/mol. The predicted octanol–water partition coefficient (Wildman–Crippen LogP) is 2.33. The molecule has 1 saturated carbocycles. The molecule has 0 aromatic carbocycles. The predicted molar refractivity (Wildman–Crippen MR) is 46.9 cm³/mol. The third-order valence-electron chi connectivity index (χ3n) is 2.82. The van der Waals surface area contributed by atoms with Crippen molar-refractivity contribution in [3.05, 3.63) is 0 Å². The van der Waals surface area contributed by atoms with Gasteiger partial charge in [0.15, 0.2) is 5.79 Å². The molecule has 0 amide bonds. The maximum atomic E-state index is 5.82. The summed E-state index contributed by atoms with van der Waals surface area (Å²) in [6.45, 7) is 6.09. The van der Waals surface area contributed by atoms with E-state index in [0.717, 1.165) is 26.1 Å². The van der Waals surface area contributed by atoms with Crippen LogP contribution >= 0.6 is 0 Å². The molecule has 2 heteroatoms. The maximum Gasteiger partial charge on any atom is 0.168 e. The summed E-state index contributed by atoms with van der Waals surface area (Å²) >= 11 is 0. The van der Waals surface area contributed by atoms with Crippen LogP contribution in [-0.4, -0.2) is 19.0 Å². The van der Waals surface area contributed by atoms with Gasteiger partial charge in [0.1, 0.15) is 0 Å². The van der Waals surface area contributed by atoms with Crippen molar-refractivity contribution in [2.45, 2.75) is 45.3 Å². The molecule has 1 saturated heterocycles. The fraction of sp³-hybridized carbons (Fsp3) is 1.00. The van der Waals surface area contributed by atoms with Gasteiger partial charge in [-0.1, -0.05) is 13.8 Å². The molecule has 1 heterocycles. The average molecular weight is 170 g/mol. The fourth-order valence-electron chi connectivity index (χ4n) is 1.94. The molecule has 2 aliphatic rings. The number of hydrogen-bond acceptors (Lipinski definition) is 2. The molecule has 1 aliphatic heterocycles. The van der Waals surface area contributed by atoms with Crippen LogP contribution in [0.1, 0.15) is 39.5 Å². The lowest BCUT2D eigenvalue weighted by Gasteiger charge is -2.41. The van der Waals surface area contributed by atoms with Crippen LogP contribution in [0.5, 0.6) is 0 Å². The minimum Gasteiger partial charge on any atom is -0.349 e. The molecule has 70 valence electrons. The fourth-order valence-corrected chi connectivity index (χ4v) is 1.94. The van der Waals surface area contributed by atoms with Crippen molar-refractivity contribution in [2.75, 3.05) is 13.2 Å². The Morgan fingerprint density at radius 3 is 1.92 bits per heavy atom. The summed E-state index contributed by atoms with van der Waals surface area (Å²) in [7, 11) is 0. The third-order valence-corrected chi connectivity index (χ3v) is 2.82. The number of ether oxygens (including phenoxy) is 2. The summed E-state index contributed by atoms with van der Waals surface area (Å²) in [6.07, 6.45) is 4.73. The molecule has 1 aliphatic carbocycles. The van der Waals surface area contributed by atoms with Crippen molar-refractivity contribution in [2.24, 2.45) is 5.41 Å². The summed E-state index contributed by atoms with van der Waals surface area (Å²) in [4.78, 5) is 0. The van der Waals surface area contributed by atoms with Gasteiger partial charge in [-0.3, -0.25) is 0 Å². The zero-order valence-corrected chi connectivity index (χ0v) is 8.06. The monoisotopic (exact) mass is 170 g/mol. The normalized spacial score (nSPS) is 32.5. The second-order valence-electron chi connectivity index (χ2n) is 4.86. The second kappa shape index (κ2) is 2.71. The van der Waals surface area contributed by atoms with Gasteiger partial charge in [-0.15, -0.1) is 0 Å². The molecular formula is C10H18O2. The molecule has 0 bridgehead atoms. The quantitative estimate of drug-likeness (QED) is 0.555. The van der Waals surface area contributed by atoms with Gasteiger partial charge in [0.25, 0.3) is 0 Å². The Morgan fingerprint density at radius 2 is 1.42 bits per heavy atom. The third kappa shape index (κ3) is 1.50. The first kappa shape index (κ1) is 8.52. The van der Waals surface area contributed by atoms with Gasteiger partial charge in [-0.05, 0) is 12.8 Å². The molecule has 12 heavy (non-hydrogen) atoms. The van der Waals surface area contributed by atoms with E-state index >= 15 is 0 Å². The van der Waals surface area contributed by atoms with E-state index in [2.05, 4.69) is 13.8 Å². The minimum absolute atomic E-state index is 0.171. The molecule has 0 aromatic rings. The molecule has 0 unspecified atom stereocenters. The highest BCUT2D eigenvalue weighted by Crippen LogP contribution is 2.40. The summed E-state index contributed by atoms with van der Waals surface area (Å²) < 4.78 is 11.6. The molecule has 2 nitrogen and oxygen atoms in total. The Kier molecular flexibility index (Phi) is 1.92. The van der Waals surface area contributed by atoms with Crippen LogP contribution < -0.4 is 0 Å². The van der Waals surface area contributed by atoms with Gasteiger partial charge < -0.3 is 9.47 Å². The van der Waals surface area contributed by atoms with Gasteiger partial charge in [-0.2, -0.15) is 0 Å². The average Bonchev–Trinajstić information content (AvgIpc) is 2.46. The van der Waals surface area contributed by atoms with Crippen molar-refractivity contribution >= 4 is 0 Å². The summed E-state index contributed by atoms with van der Waals surface area (Å²) in [5.74, 6) is -0.171. The lowest BCUT2D eigenvalue weighted by molar-refractivity contribution is -0.294. The maximum absolute atomic E-state index is 5.82. The SMILES string of the molecule is CC1(C)COC2(CCCC2)OC1. The van der Waals surface area contributed by atoms with Crippen molar-refractivity contribution in [3.8, 4) is 0 Å². The first-order chi connectivity index (χ1) is 5.62. The van der Waals surface area contributed by atoms with Crippen molar-refractivity contribution in [1.82, 2.24) is 0 Å². The molecule has 0 radical (unpaired) electrons. The lowest BCUT2D eigenvalue weighted by Crippen LogP contribution is -2.45. The molecule has 2 fully saturated rings. The van der Waals surface area contributed by atoms with Crippen LogP contribution in [-0.2, 0) is 9.47 Å². The van der Waals surface area contributed by atoms with E-state index in [1.54, 1.807) is 0 Å². The zero-order valence-electron chi connectivity index (χ0n) is 8.06. The van der Waals surface area contributed by atoms with E-state index in [-0.39, 0.29) is 11.2 Å². The number of rotatable bonds is 0. The Balaban J connectivity index is 1.97. The van der Waals surface area contributed by atoms with E-state index in [9.17, 15) is 0 Å².